The number of aromatic nitrogens is 3. The Bertz CT molecular complexity index is 1430. The molecule has 2 aromatic heterocycles. The Hall–Kier alpha value is -2.85. The van der Waals surface area contributed by atoms with E-state index in [-0.39, 0.29) is 15.3 Å². The SMILES string of the molecule is Cc1cc(C(I)c2ccc(F)c(-c3ncnc4cc(N5CCOCC5)ccc34)c2)n(C)c(=O)c1. The lowest BCUT2D eigenvalue weighted by Crippen LogP contribution is -2.36. The molecule has 2 aromatic carbocycles. The van der Waals surface area contributed by atoms with Gasteiger partial charge < -0.3 is 14.2 Å². The second-order valence-corrected chi connectivity index (χ2v) is 9.73. The molecular weight excluding hydrogens is 546 g/mol. The van der Waals surface area contributed by atoms with E-state index in [9.17, 15) is 4.79 Å². The first-order valence-electron chi connectivity index (χ1n) is 11.1. The monoisotopic (exact) mass is 570 g/mol. The molecule has 3 heterocycles. The van der Waals surface area contributed by atoms with E-state index in [1.807, 2.05) is 37.3 Å². The molecule has 0 aliphatic carbocycles. The van der Waals surface area contributed by atoms with Crippen molar-refractivity contribution in [1.29, 1.82) is 0 Å². The molecular formula is C26H24FIN4O2. The standard InChI is InChI=1S/C26H24FIN4O2/c1-16-11-23(31(2)24(33)12-16)25(28)17-3-6-21(27)20(13-17)26-19-5-4-18(14-22(19)29-15-30-26)32-7-9-34-10-8-32/h3-6,11-15,25H,7-10H2,1-2H3. The smallest absolute Gasteiger partial charge is 0.250 e. The van der Waals surface area contributed by atoms with Gasteiger partial charge in [0.1, 0.15) is 12.1 Å². The molecule has 1 unspecified atom stereocenters. The molecule has 4 aromatic rings. The minimum absolute atomic E-state index is 0.0585. The molecule has 0 bridgehead atoms. The van der Waals surface area contributed by atoms with Crippen LogP contribution in [0.15, 0.2) is 59.7 Å². The van der Waals surface area contributed by atoms with E-state index in [4.69, 9.17) is 4.74 Å². The van der Waals surface area contributed by atoms with E-state index in [0.29, 0.717) is 24.5 Å². The van der Waals surface area contributed by atoms with E-state index in [0.717, 1.165) is 46.5 Å². The number of fused-ring (bicyclic) bond motifs is 1. The summed E-state index contributed by atoms with van der Waals surface area (Å²) in [4.78, 5) is 23.5. The maximum atomic E-state index is 15.1. The Morgan fingerprint density at radius 2 is 1.85 bits per heavy atom. The molecule has 0 amide bonds. The van der Waals surface area contributed by atoms with Crippen LogP contribution in [-0.2, 0) is 11.8 Å². The largest absolute Gasteiger partial charge is 0.378 e. The number of aryl methyl sites for hydroxylation is 1. The van der Waals surface area contributed by atoms with Gasteiger partial charge >= 0.3 is 0 Å². The Balaban J connectivity index is 1.57. The van der Waals surface area contributed by atoms with E-state index < -0.39 is 0 Å². The van der Waals surface area contributed by atoms with Crippen molar-refractivity contribution in [2.45, 2.75) is 10.8 Å². The zero-order valence-corrected chi connectivity index (χ0v) is 21.1. The van der Waals surface area contributed by atoms with Crippen molar-refractivity contribution in [1.82, 2.24) is 14.5 Å². The number of nitrogens with zero attached hydrogens (tertiary/aromatic N) is 4. The van der Waals surface area contributed by atoms with Gasteiger partial charge in [0, 0.05) is 48.5 Å². The van der Waals surface area contributed by atoms with Crippen LogP contribution in [0, 0.1) is 12.7 Å². The minimum atomic E-state index is -0.345. The Labute approximate surface area is 210 Å². The van der Waals surface area contributed by atoms with Crippen LogP contribution in [0.25, 0.3) is 22.2 Å². The van der Waals surface area contributed by atoms with E-state index in [1.54, 1.807) is 23.7 Å². The lowest BCUT2D eigenvalue weighted by molar-refractivity contribution is 0.122. The van der Waals surface area contributed by atoms with E-state index in [2.05, 4.69) is 37.5 Å². The van der Waals surface area contributed by atoms with Gasteiger partial charge in [-0.3, -0.25) is 4.79 Å². The third-order valence-corrected chi connectivity index (χ3v) is 7.60. The maximum absolute atomic E-state index is 15.1. The normalized spacial score (nSPS) is 15.0. The van der Waals surface area contributed by atoms with Gasteiger partial charge in [-0.1, -0.05) is 28.7 Å². The number of morpholine rings is 1. The van der Waals surface area contributed by atoms with Gasteiger partial charge in [0.15, 0.2) is 0 Å². The molecule has 0 radical (unpaired) electrons. The molecule has 1 atom stereocenters. The lowest BCUT2D eigenvalue weighted by Gasteiger charge is -2.29. The zero-order valence-electron chi connectivity index (χ0n) is 19.0. The molecule has 5 rings (SSSR count). The average Bonchev–Trinajstić information content (AvgIpc) is 2.86. The predicted molar refractivity (Wildman–Crippen MR) is 140 cm³/mol. The second kappa shape index (κ2) is 9.42. The number of hydrogen-bond donors (Lipinski definition) is 0. The van der Waals surface area contributed by atoms with Crippen molar-refractivity contribution in [3.63, 3.8) is 0 Å². The van der Waals surface area contributed by atoms with Gasteiger partial charge in [-0.15, -0.1) is 0 Å². The summed E-state index contributed by atoms with van der Waals surface area (Å²) in [6.45, 7) is 4.98. The van der Waals surface area contributed by atoms with Crippen molar-refractivity contribution >= 4 is 39.2 Å². The molecule has 1 saturated heterocycles. The molecule has 0 saturated carbocycles. The van der Waals surface area contributed by atoms with Gasteiger partial charge in [0.2, 0.25) is 0 Å². The summed E-state index contributed by atoms with van der Waals surface area (Å²) in [5, 5.41) is 0.795. The van der Waals surface area contributed by atoms with Crippen LogP contribution in [0.3, 0.4) is 0 Å². The number of halogens is 2. The number of hydrogen-bond acceptors (Lipinski definition) is 5. The van der Waals surface area contributed by atoms with Crippen molar-refractivity contribution in [3.05, 3.63) is 87.9 Å². The lowest BCUT2D eigenvalue weighted by atomic mass is 10.00. The summed E-state index contributed by atoms with van der Waals surface area (Å²) >= 11 is 2.30. The zero-order chi connectivity index (χ0) is 23.8. The number of alkyl halides is 1. The number of rotatable bonds is 4. The Morgan fingerprint density at radius 1 is 1.06 bits per heavy atom. The highest BCUT2D eigenvalue weighted by molar-refractivity contribution is 14.1. The van der Waals surface area contributed by atoms with Gasteiger partial charge in [0.05, 0.1) is 28.3 Å². The van der Waals surface area contributed by atoms with Gasteiger partial charge in [-0.2, -0.15) is 0 Å². The molecule has 0 N–H and O–H groups in total. The van der Waals surface area contributed by atoms with Crippen LogP contribution < -0.4 is 10.5 Å². The number of anilines is 1. The van der Waals surface area contributed by atoms with Crippen molar-refractivity contribution in [3.8, 4) is 11.3 Å². The first-order valence-corrected chi connectivity index (χ1v) is 12.4. The number of ether oxygens (including phenoxy) is 1. The Kier molecular flexibility index (Phi) is 6.35. The van der Waals surface area contributed by atoms with E-state index >= 15 is 4.39 Å². The minimum Gasteiger partial charge on any atom is -0.378 e. The molecule has 1 aliphatic heterocycles. The highest BCUT2D eigenvalue weighted by atomic mass is 127. The fraction of sp³-hybridized carbons (Fsp3) is 0.269. The van der Waals surface area contributed by atoms with Crippen LogP contribution in [0.1, 0.15) is 20.7 Å². The van der Waals surface area contributed by atoms with Gasteiger partial charge in [0.25, 0.3) is 5.56 Å². The third-order valence-electron chi connectivity index (χ3n) is 6.24. The first-order chi connectivity index (χ1) is 16.4. The van der Waals surface area contributed by atoms with Crippen molar-refractivity contribution in [2.24, 2.45) is 7.05 Å². The van der Waals surface area contributed by atoms with Crippen molar-refractivity contribution in [2.75, 3.05) is 31.2 Å². The summed E-state index contributed by atoms with van der Waals surface area (Å²) in [5.74, 6) is -0.345. The van der Waals surface area contributed by atoms with Crippen molar-refractivity contribution < 1.29 is 9.13 Å². The quantitative estimate of drug-likeness (QED) is 0.261. The molecule has 1 aliphatic rings. The summed E-state index contributed by atoms with van der Waals surface area (Å²) in [7, 11) is 1.76. The highest BCUT2D eigenvalue weighted by Gasteiger charge is 2.19. The Morgan fingerprint density at radius 3 is 2.65 bits per heavy atom. The number of pyridine rings is 1. The van der Waals surface area contributed by atoms with Crippen LogP contribution in [0.5, 0.6) is 0 Å². The summed E-state index contributed by atoms with van der Waals surface area (Å²) in [6, 6.07) is 14.7. The molecule has 34 heavy (non-hydrogen) atoms. The predicted octanol–water partition coefficient (Wildman–Crippen LogP) is 4.80. The van der Waals surface area contributed by atoms with Crippen LogP contribution in [-0.4, -0.2) is 40.8 Å². The molecule has 1 fully saturated rings. The second-order valence-electron chi connectivity index (χ2n) is 8.48. The summed E-state index contributed by atoms with van der Waals surface area (Å²) in [5.41, 5.74) is 5.42. The van der Waals surface area contributed by atoms with Gasteiger partial charge in [-0.25, -0.2) is 14.4 Å². The third kappa shape index (κ3) is 4.32. The average molecular weight is 570 g/mol. The van der Waals surface area contributed by atoms with Crippen LogP contribution >= 0.6 is 22.6 Å². The summed E-state index contributed by atoms with van der Waals surface area (Å²) < 4.78 is 22.0. The topological polar surface area (TPSA) is 60.2 Å². The molecule has 8 heteroatoms. The molecule has 174 valence electrons. The van der Waals surface area contributed by atoms with Crippen LogP contribution in [0.4, 0.5) is 10.1 Å². The fourth-order valence-electron chi connectivity index (χ4n) is 4.36. The van der Waals surface area contributed by atoms with E-state index in [1.165, 1.54) is 12.4 Å². The first kappa shape index (κ1) is 22.9. The maximum Gasteiger partial charge on any atom is 0.250 e. The van der Waals surface area contributed by atoms with Gasteiger partial charge in [-0.05, 0) is 54.4 Å². The molecule has 0 spiro atoms. The number of benzene rings is 2. The highest BCUT2D eigenvalue weighted by Crippen LogP contribution is 2.36. The summed E-state index contributed by atoms with van der Waals surface area (Å²) in [6.07, 6.45) is 1.48. The van der Waals surface area contributed by atoms with Crippen LogP contribution in [0.2, 0.25) is 0 Å². The fourth-order valence-corrected chi connectivity index (χ4v) is 5.35. The molecule has 6 nitrogen and oxygen atoms in total.